The fourth-order valence-electron chi connectivity index (χ4n) is 0.0913. The van der Waals surface area contributed by atoms with Crippen molar-refractivity contribution in [2.24, 2.45) is 0 Å². The molecule has 0 aliphatic carbocycles. The number of hydrogen-bond donors (Lipinski definition) is 2. The van der Waals surface area contributed by atoms with Gasteiger partial charge in [-0.1, -0.05) is 18.5 Å². The van der Waals surface area contributed by atoms with Gasteiger partial charge in [0.1, 0.15) is 0 Å². The van der Waals surface area contributed by atoms with Gasteiger partial charge in [-0.25, -0.2) is 0 Å². The standard InChI is InChI=1S/C4H7ClO.C2H4O2/c1-2-4(5)3-6;1-2(3)4/h3,6H,2H2,1H3;1H3,(H,3,4). The molecule has 0 bridgehead atoms. The largest absolute Gasteiger partial charge is 0.514 e. The third kappa shape index (κ3) is 26.6. The van der Waals surface area contributed by atoms with E-state index in [0.717, 1.165) is 13.2 Å². The Hall–Kier alpha value is -0.700. The van der Waals surface area contributed by atoms with E-state index in [2.05, 4.69) is 0 Å². The summed E-state index contributed by atoms with van der Waals surface area (Å²) in [6.07, 6.45) is 1.61. The predicted molar refractivity (Wildman–Crippen MR) is 40.2 cm³/mol. The van der Waals surface area contributed by atoms with Crippen molar-refractivity contribution < 1.29 is 15.0 Å². The Morgan fingerprint density at radius 2 is 2.00 bits per heavy atom. The van der Waals surface area contributed by atoms with Crippen molar-refractivity contribution >= 4 is 17.6 Å². The number of carboxylic acids is 1. The first-order valence-electron chi connectivity index (χ1n) is 2.72. The molecule has 0 amide bonds. The molecule has 0 radical (unpaired) electrons. The second kappa shape index (κ2) is 8.30. The maximum absolute atomic E-state index is 9.00. The first-order chi connectivity index (χ1) is 4.54. The highest BCUT2D eigenvalue weighted by Gasteiger charge is 1.78. The van der Waals surface area contributed by atoms with Crippen molar-refractivity contribution in [2.45, 2.75) is 20.3 Å². The van der Waals surface area contributed by atoms with Crippen LogP contribution in [0.5, 0.6) is 0 Å². The zero-order valence-corrected chi connectivity index (χ0v) is 6.72. The molecule has 0 aliphatic rings. The number of rotatable bonds is 1. The third-order valence-electron chi connectivity index (χ3n) is 0.478. The van der Waals surface area contributed by atoms with Crippen molar-refractivity contribution in [3.63, 3.8) is 0 Å². The van der Waals surface area contributed by atoms with Crippen LogP contribution in [0.1, 0.15) is 20.3 Å². The lowest BCUT2D eigenvalue weighted by Gasteiger charge is -1.80. The average molecular weight is 167 g/mol. The van der Waals surface area contributed by atoms with Crippen LogP contribution in [0.25, 0.3) is 0 Å². The molecule has 0 saturated carbocycles. The topological polar surface area (TPSA) is 57.5 Å². The van der Waals surface area contributed by atoms with Crippen molar-refractivity contribution in [1.29, 1.82) is 0 Å². The Morgan fingerprint density at radius 3 is 2.00 bits per heavy atom. The van der Waals surface area contributed by atoms with E-state index >= 15 is 0 Å². The summed E-state index contributed by atoms with van der Waals surface area (Å²) in [6, 6.07) is 0. The molecule has 0 rings (SSSR count). The number of aliphatic hydroxyl groups excluding tert-OH is 1. The van der Waals surface area contributed by atoms with E-state index in [0.29, 0.717) is 11.5 Å². The van der Waals surface area contributed by atoms with Gasteiger partial charge < -0.3 is 10.2 Å². The monoisotopic (exact) mass is 166 g/mol. The van der Waals surface area contributed by atoms with E-state index in [1.807, 2.05) is 6.92 Å². The van der Waals surface area contributed by atoms with Crippen LogP contribution in [0, 0.1) is 0 Å². The molecule has 4 heteroatoms. The molecule has 0 aromatic rings. The van der Waals surface area contributed by atoms with Crippen LogP contribution in [0.4, 0.5) is 0 Å². The van der Waals surface area contributed by atoms with Crippen LogP contribution in [-0.2, 0) is 4.79 Å². The lowest BCUT2D eigenvalue weighted by Crippen LogP contribution is -1.78. The van der Waals surface area contributed by atoms with E-state index < -0.39 is 5.97 Å². The van der Waals surface area contributed by atoms with E-state index in [-0.39, 0.29) is 0 Å². The van der Waals surface area contributed by atoms with E-state index in [4.69, 9.17) is 26.6 Å². The van der Waals surface area contributed by atoms with E-state index in [1.165, 1.54) is 0 Å². The van der Waals surface area contributed by atoms with Gasteiger partial charge in [-0.3, -0.25) is 4.79 Å². The molecule has 60 valence electrons. The number of halogens is 1. The summed E-state index contributed by atoms with van der Waals surface area (Å²) < 4.78 is 0. The first kappa shape index (κ1) is 12.0. The van der Waals surface area contributed by atoms with Gasteiger partial charge in [0.15, 0.2) is 0 Å². The van der Waals surface area contributed by atoms with Crippen LogP contribution in [-0.4, -0.2) is 16.2 Å². The molecule has 10 heavy (non-hydrogen) atoms. The molecule has 0 heterocycles. The minimum atomic E-state index is -0.833. The molecule has 3 nitrogen and oxygen atoms in total. The Kier molecular flexibility index (Phi) is 9.98. The molecule has 0 atom stereocenters. The predicted octanol–water partition coefficient (Wildman–Crippen LogP) is 2.13. The summed E-state index contributed by atoms with van der Waals surface area (Å²) >= 11 is 5.26. The molecule has 2 N–H and O–H groups in total. The Labute approximate surface area is 64.9 Å². The highest BCUT2D eigenvalue weighted by atomic mass is 35.5. The van der Waals surface area contributed by atoms with Gasteiger partial charge in [-0.15, -0.1) is 0 Å². The van der Waals surface area contributed by atoms with Crippen molar-refractivity contribution in [3.05, 3.63) is 11.3 Å². The third-order valence-corrected chi connectivity index (χ3v) is 0.843. The molecule has 0 fully saturated rings. The van der Waals surface area contributed by atoms with Gasteiger partial charge in [-0.05, 0) is 6.42 Å². The summed E-state index contributed by atoms with van der Waals surface area (Å²) in [4.78, 5) is 9.00. The van der Waals surface area contributed by atoms with Gasteiger partial charge in [0, 0.05) is 6.92 Å². The lowest BCUT2D eigenvalue weighted by atomic mass is 10.5. The SMILES string of the molecule is CC(=O)O.CCC(Cl)=CO. The molecule has 0 aliphatic heterocycles. The Morgan fingerprint density at radius 1 is 1.70 bits per heavy atom. The van der Waals surface area contributed by atoms with Crippen LogP contribution >= 0.6 is 11.6 Å². The maximum Gasteiger partial charge on any atom is 0.300 e. The van der Waals surface area contributed by atoms with Crippen LogP contribution in [0.15, 0.2) is 11.3 Å². The zero-order chi connectivity index (χ0) is 8.57. The number of aliphatic hydroxyl groups is 1. The highest BCUT2D eigenvalue weighted by molar-refractivity contribution is 6.29. The molecule has 0 saturated heterocycles. The summed E-state index contributed by atoms with van der Waals surface area (Å²) in [5, 5.41) is 16.0. The second-order valence-electron chi connectivity index (χ2n) is 1.45. The summed E-state index contributed by atoms with van der Waals surface area (Å²) in [6.45, 7) is 2.95. The average Bonchev–Trinajstić information content (AvgIpc) is 1.85. The fraction of sp³-hybridized carbons (Fsp3) is 0.500. The van der Waals surface area contributed by atoms with Crippen molar-refractivity contribution in [2.75, 3.05) is 0 Å². The fourth-order valence-corrected chi connectivity index (χ4v) is 0.0913. The number of carbonyl (C=O) groups is 1. The van der Waals surface area contributed by atoms with E-state index in [9.17, 15) is 0 Å². The lowest BCUT2D eigenvalue weighted by molar-refractivity contribution is -0.134. The van der Waals surface area contributed by atoms with Gasteiger partial charge >= 0.3 is 0 Å². The van der Waals surface area contributed by atoms with Gasteiger partial charge in [0.05, 0.1) is 11.3 Å². The minimum Gasteiger partial charge on any atom is -0.514 e. The van der Waals surface area contributed by atoms with Crippen LogP contribution in [0.2, 0.25) is 0 Å². The summed E-state index contributed by atoms with van der Waals surface area (Å²) in [7, 11) is 0. The number of hydrogen-bond acceptors (Lipinski definition) is 2. The maximum atomic E-state index is 9.00. The van der Waals surface area contributed by atoms with Crippen LogP contribution < -0.4 is 0 Å². The molecule has 0 spiro atoms. The number of allylic oxidation sites excluding steroid dienone is 1. The summed E-state index contributed by atoms with van der Waals surface area (Å²) in [5.41, 5.74) is 0. The smallest absolute Gasteiger partial charge is 0.300 e. The zero-order valence-electron chi connectivity index (χ0n) is 5.97. The summed E-state index contributed by atoms with van der Waals surface area (Å²) in [5.74, 6) is -0.833. The molecule has 0 aromatic carbocycles. The molecular formula is C6H11ClO3. The van der Waals surface area contributed by atoms with Crippen LogP contribution in [0.3, 0.4) is 0 Å². The van der Waals surface area contributed by atoms with E-state index in [1.54, 1.807) is 0 Å². The minimum absolute atomic E-state index is 0.495. The quantitative estimate of drug-likeness (QED) is 0.587. The number of carboxylic acid groups (broad SMARTS) is 1. The van der Waals surface area contributed by atoms with Gasteiger partial charge in [0.2, 0.25) is 0 Å². The van der Waals surface area contributed by atoms with Gasteiger partial charge in [0.25, 0.3) is 5.97 Å². The molecular weight excluding hydrogens is 156 g/mol. The number of aliphatic carboxylic acids is 1. The first-order valence-corrected chi connectivity index (χ1v) is 3.10. The molecule has 0 aromatic heterocycles. The Bertz CT molecular complexity index is 116. The van der Waals surface area contributed by atoms with Crippen molar-refractivity contribution in [3.8, 4) is 0 Å². The second-order valence-corrected chi connectivity index (χ2v) is 1.93. The highest BCUT2D eigenvalue weighted by Crippen LogP contribution is 2.01. The van der Waals surface area contributed by atoms with Crippen molar-refractivity contribution in [1.82, 2.24) is 0 Å². The van der Waals surface area contributed by atoms with Gasteiger partial charge in [-0.2, -0.15) is 0 Å². The Balaban J connectivity index is 0. The molecule has 0 unspecified atom stereocenters. The normalized spacial score (nSPS) is 9.70.